The van der Waals surface area contributed by atoms with Crippen LogP contribution in [0.2, 0.25) is 0 Å². The highest BCUT2D eigenvalue weighted by Crippen LogP contribution is 2.49. The molecule has 0 saturated carbocycles. The van der Waals surface area contributed by atoms with Crippen LogP contribution in [0.5, 0.6) is 0 Å². The largest absolute Gasteiger partial charge is 0.452 e. The highest BCUT2D eigenvalue weighted by Gasteiger charge is 2.25. The zero-order chi connectivity index (χ0) is 48.9. The molecule has 4 heteroatoms. The van der Waals surface area contributed by atoms with E-state index in [0.717, 1.165) is 54.6 Å². The monoisotopic (exact) mass is 727 g/mol. The minimum absolute atomic E-state index is 0.0766. The van der Waals surface area contributed by atoms with Crippen LogP contribution in [-0.2, 0) is 0 Å². The minimum atomic E-state index is -0.748. The third-order valence-corrected chi connectivity index (χ3v) is 10.4. The van der Waals surface area contributed by atoms with Gasteiger partial charge in [0, 0.05) is 33.0 Å². The van der Waals surface area contributed by atoms with E-state index in [-0.39, 0.29) is 28.2 Å². The minimum Gasteiger partial charge on any atom is -0.452 e. The maximum absolute atomic E-state index is 9.42. The Hall–Kier alpha value is -7.56. The van der Waals surface area contributed by atoms with E-state index in [0.29, 0.717) is 10.9 Å². The van der Waals surface area contributed by atoms with Crippen molar-refractivity contribution in [2.75, 3.05) is 0 Å². The van der Waals surface area contributed by atoms with Gasteiger partial charge in [-0.2, -0.15) is 0 Å². The first kappa shape index (κ1) is 20.2. The summed E-state index contributed by atoms with van der Waals surface area (Å²) in [5.41, 5.74) is 2.42. The summed E-state index contributed by atoms with van der Waals surface area (Å²) in [4.78, 5) is 9.62. The van der Waals surface area contributed by atoms with Gasteiger partial charge < -0.3 is 8.98 Å². The molecule has 12 aromatic rings. The zero-order valence-electron chi connectivity index (χ0n) is 43.1. The molecule has 0 aliphatic heterocycles. The number of benzene rings is 9. The molecule has 260 valence electrons. The topological polar surface area (TPSA) is 43.9 Å². The number of aromatic nitrogens is 3. The van der Waals surface area contributed by atoms with Crippen molar-refractivity contribution in [1.29, 1.82) is 0 Å². The highest BCUT2D eigenvalue weighted by molar-refractivity contribution is 6.37. The molecule has 0 amide bonds. The Morgan fingerprint density at radius 1 is 0.446 bits per heavy atom. The standard InChI is InChI=1S/C52H31N3O/c1-4-14-32(15-5-1)33-26-28-34(29-27-33)49-51-50(54-52(53-49)35-16-6-2-7-17-35)47-40(23-13-25-44(47)56-51)41-30-31-43-48-45(41)38-21-11-10-20-37(38)39-22-12-24-42(46(39)48)55(43)36-18-8-3-9-19-36/h1-31H/i1D,2D,4D,5D,6D,7D,14D,15D,16D,17D,26D,27D,28D,29D. The van der Waals surface area contributed by atoms with Gasteiger partial charge in [-0.1, -0.05) is 157 Å². The molecule has 0 N–H and O–H groups in total. The normalized spacial score (nSPS) is 15.4. The Bertz CT molecular complexity index is 4210. The predicted octanol–water partition coefficient (Wildman–Crippen LogP) is 13.9. The second kappa shape index (κ2) is 12.0. The van der Waals surface area contributed by atoms with Gasteiger partial charge in [-0.15, -0.1) is 0 Å². The fraction of sp³-hybridized carbons (Fsp3) is 0. The molecule has 4 nitrogen and oxygen atoms in total. The Labute approximate surface area is 341 Å². The Balaban J connectivity index is 1.22. The summed E-state index contributed by atoms with van der Waals surface area (Å²) in [6, 6.07) is 24.3. The molecular formula is C52H31N3O. The second-order valence-electron chi connectivity index (χ2n) is 13.4. The van der Waals surface area contributed by atoms with E-state index in [1.807, 2.05) is 42.5 Å². The van der Waals surface area contributed by atoms with Gasteiger partial charge in [-0.05, 0) is 68.7 Å². The van der Waals surface area contributed by atoms with E-state index >= 15 is 0 Å². The van der Waals surface area contributed by atoms with Crippen molar-refractivity contribution in [2.45, 2.75) is 0 Å². The molecule has 9 aromatic carbocycles. The lowest BCUT2D eigenvalue weighted by Gasteiger charge is -2.14. The van der Waals surface area contributed by atoms with Gasteiger partial charge in [0.2, 0.25) is 0 Å². The van der Waals surface area contributed by atoms with Gasteiger partial charge in [-0.25, -0.2) is 9.97 Å². The lowest BCUT2D eigenvalue weighted by atomic mass is 9.88. The maximum atomic E-state index is 9.42. The third-order valence-electron chi connectivity index (χ3n) is 10.4. The van der Waals surface area contributed by atoms with Gasteiger partial charge in [-0.3, -0.25) is 0 Å². The van der Waals surface area contributed by atoms with Crippen LogP contribution in [0.25, 0.3) is 116 Å². The third kappa shape index (κ3) is 4.47. The summed E-state index contributed by atoms with van der Waals surface area (Å²) in [6.07, 6.45) is 0. The first-order valence-corrected chi connectivity index (χ1v) is 17.9. The van der Waals surface area contributed by atoms with Crippen LogP contribution in [0.3, 0.4) is 0 Å². The van der Waals surface area contributed by atoms with Gasteiger partial charge in [0.05, 0.1) is 35.6 Å². The second-order valence-corrected chi connectivity index (χ2v) is 13.4. The number of rotatable bonds is 5. The van der Waals surface area contributed by atoms with Crippen molar-refractivity contribution >= 4 is 65.4 Å². The number of furan rings is 1. The quantitative estimate of drug-likeness (QED) is 0.166. The summed E-state index contributed by atoms with van der Waals surface area (Å²) < 4.78 is 131. The van der Waals surface area contributed by atoms with Gasteiger partial charge in [0.1, 0.15) is 16.8 Å². The molecule has 0 radical (unpaired) electrons. The number of hydrogen-bond donors (Lipinski definition) is 0. The predicted molar refractivity (Wildman–Crippen MR) is 232 cm³/mol. The maximum Gasteiger partial charge on any atom is 0.180 e. The van der Waals surface area contributed by atoms with Crippen LogP contribution in [0.15, 0.2) is 192 Å². The van der Waals surface area contributed by atoms with Crippen LogP contribution in [0, 0.1) is 0 Å². The fourth-order valence-corrected chi connectivity index (χ4v) is 8.16. The lowest BCUT2D eigenvalue weighted by molar-refractivity contribution is 0.667. The van der Waals surface area contributed by atoms with Crippen LogP contribution in [0.4, 0.5) is 0 Å². The summed E-state index contributed by atoms with van der Waals surface area (Å²) in [5.74, 6) is -0.388. The van der Waals surface area contributed by atoms with Crippen LogP contribution >= 0.6 is 0 Å². The first-order chi connectivity index (χ1) is 33.6. The van der Waals surface area contributed by atoms with Crippen molar-refractivity contribution < 1.29 is 23.6 Å². The molecule has 12 rings (SSSR count). The number of hydrogen-bond acceptors (Lipinski definition) is 3. The van der Waals surface area contributed by atoms with Crippen molar-refractivity contribution in [2.24, 2.45) is 0 Å². The van der Waals surface area contributed by atoms with E-state index in [4.69, 9.17) is 28.1 Å². The van der Waals surface area contributed by atoms with Gasteiger partial charge in [0.25, 0.3) is 0 Å². The number of para-hydroxylation sites is 1. The van der Waals surface area contributed by atoms with Crippen molar-refractivity contribution in [3.8, 4) is 50.6 Å². The molecular weight excluding hydrogens is 683 g/mol. The van der Waals surface area contributed by atoms with E-state index < -0.39 is 107 Å². The van der Waals surface area contributed by atoms with Crippen LogP contribution < -0.4 is 0 Å². The molecule has 0 bridgehead atoms. The smallest absolute Gasteiger partial charge is 0.180 e. The zero-order valence-corrected chi connectivity index (χ0v) is 29.1. The Morgan fingerprint density at radius 3 is 1.88 bits per heavy atom. The highest BCUT2D eigenvalue weighted by atomic mass is 16.3. The molecule has 0 aliphatic carbocycles. The SMILES string of the molecule is [2H]c1c([2H])c([2H])c(-c2nc(-c3c([2H])c([2H])c(-c4c([2H])c([2H])c([2H])c([2H])c4[2H])c([2H])c3[2H])c3oc4cccc(-c5ccc6c7c5c5ccccc5c5cccc(c57)n6-c5ccccc5)c4c3n2)c([2H])c1[2H]. The van der Waals surface area contributed by atoms with Gasteiger partial charge >= 0.3 is 0 Å². The summed E-state index contributed by atoms with van der Waals surface area (Å²) in [5, 5.41) is 6.48. The summed E-state index contributed by atoms with van der Waals surface area (Å²) in [6.45, 7) is 0. The average molecular weight is 728 g/mol. The summed E-state index contributed by atoms with van der Waals surface area (Å²) >= 11 is 0. The number of nitrogens with zero attached hydrogens (tertiary/aromatic N) is 3. The lowest BCUT2D eigenvalue weighted by Crippen LogP contribution is -1.94. The van der Waals surface area contributed by atoms with Crippen molar-refractivity contribution in [3.05, 3.63) is 188 Å². The number of fused-ring (bicyclic) bond motifs is 6. The van der Waals surface area contributed by atoms with E-state index in [9.17, 15) is 5.48 Å². The van der Waals surface area contributed by atoms with Crippen LogP contribution in [-0.4, -0.2) is 14.5 Å². The molecule has 56 heavy (non-hydrogen) atoms. The van der Waals surface area contributed by atoms with E-state index in [1.165, 1.54) is 0 Å². The van der Waals surface area contributed by atoms with Crippen molar-refractivity contribution in [3.63, 3.8) is 0 Å². The van der Waals surface area contributed by atoms with Crippen LogP contribution in [0.1, 0.15) is 19.2 Å². The van der Waals surface area contributed by atoms with Crippen molar-refractivity contribution in [1.82, 2.24) is 14.5 Å². The summed E-state index contributed by atoms with van der Waals surface area (Å²) in [7, 11) is 0. The molecule has 0 atom stereocenters. The first-order valence-electron chi connectivity index (χ1n) is 24.9. The van der Waals surface area contributed by atoms with E-state index in [1.54, 1.807) is 12.1 Å². The molecule has 0 unspecified atom stereocenters. The van der Waals surface area contributed by atoms with E-state index in [2.05, 4.69) is 53.1 Å². The van der Waals surface area contributed by atoms with Gasteiger partial charge in [0.15, 0.2) is 11.4 Å². The molecule has 3 aromatic heterocycles. The Morgan fingerprint density at radius 2 is 1.07 bits per heavy atom. The fourth-order valence-electron chi connectivity index (χ4n) is 8.16. The molecule has 0 fully saturated rings. The molecule has 0 saturated heterocycles. The molecule has 0 spiro atoms. The average Bonchev–Trinajstić information content (AvgIpc) is 3.93. The molecule has 3 heterocycles. The Kier molecular flexibility index (Phi) is 4.32. The molecule has 0 aliphatic rings.